The van der Waals surface area contributed by atoms with E-state index in [1.165, 1.54) is 19.1 Å². The fraction of sp³-hybridized carbons (Fsp3) is 0.391. The second kappa shape index (κ2) is 12.4. The number of benzene rings is 2. The van der Waals surface area contributed by atoms with E-state index >= 15 is 0 Å². The third-order valence-electron chi connectivity index (χ3n) is 4.78. The van der Waals surface area contributed by atoms with Crippen LogP contribution < -0.4 is 19.5 Å². The second-order valence-corrected chi connectivity index (χ2v) is 7.76. The highest BCUT2D eigenvalue weighted by Gasteiger charge is 2.29. The van der Waals surface area contributed by atoms with E-state index in [0.717, 1.165) is 0 Å². The van der Waals surface area contributed by atoms with Gasteiger partial charge in [0.05, 0.1) is 14.2 Å². The van der Waals surface area contributed by atoms with Gasteiger partial charge in [0.2, 0.25) is 5.91 Å². The van der Waals surface area contributed by atoms with E-state index in [1.54, 1.807) is 36.4 Å². The number of rotatable bonds is 11. The molecule has 0 aliphatic rings. The van der Waals surface area contributed by atoms with Gasteiger partial charge in [-0.15, -0.1) is 0 Å². The molecular formula is C23H28Cl2N2O5. The highest BCUT2D eigenvalue weighted by atomic mass is 35.5. The Labute approximate surface area is 198 Å². The number of carbonyl (C=O) groups is 2. The van der Waals surface area contributed by atoms with Crippen LogP contribution >= 0.6 is 23.2 Å². The van der Waals surface area contributed by atoms with E-state index in [-0.39, 0.29) is 25.0 Å². The van der Waals surface area contributed by atoms with Gasteiger partial charge in [0, 0.05) is 41.3 Å². The number of hydrogen-bond donors (Lipinski definition) is 1. The zero-order valence-corrected chi connectivity index (χ0v) is 20.1. The van der Waals surface area contributed by atoms with Gasteiger partial charge < -0.3 is 24.4 Å². The summed E-state index contributed by atoms with van der Waals surface area (Å²) in [7, 11) is 3.05. The molecule has 0 radical (unpaired) electrons. The molecule has 0 unspecified atom stereocenters. The van der Waals surface area contributed by atoms with Crippen molar-refractivity contribution >= 4 is 35.0 Å². The van der Waals surface area contributed by atoms with Crippen molar-refractivity contribution in [3.63, 3.8) is 0 Å². The lowest BCUT2D eigenvalue weighted by atomic mass is 10.1. The first-order valence-electron chi connectivity index (χ1n) is 10.2. The van der Waals surface area contributed by atoms with E-state index in [1.807, 2.05) is 13.8 Å². The van der Waals surface area contributed by atoms with Gasteiger partial charge in [0.15, 0.2) is 6.61 Å². The Kier molecular flexibility index (Phi) is 9.94. The summed E-state index contributed by atoms with van der Waals surface area (Å²) in [6.07, 6.45) is 0.426. The maximum Gasteiger partial charge on any atom is 0.261 e. The number of amides is 2. The van der Waals surface area contributed by atoms with Gasteiger partial charge in [-0.3, -0.25) is 9.59 Å². The van der Waals surface area contributed by atoms with Gasteiger partial charge >= 0.3 is 0 Å². The predicted molar refractivity (Wildman–Crippen MR) is 125 cm³/mol. The summed E-state index contributed by atoms with van der Waals surface area (Å²) in [6.45, 7) is 3.98. The molecule has 0 fully saturated rings. The number of ether oxygens (including phenoxy) is 3. The number of nitrogens with zero attached hydrogens (tertiary/aromatic N) is 1. The van der Waals surface area contributed by atoms with Crippen LogP contribution in [0.25, 0.3) is 0 Å². The molecule has 1 atom stereocenters. The molecule has 0 bridgehead atoms. The van der Waals surface area contributed by atoms with Crippen LogP contribution in [0.15, 0.2) is 36.4 Å². The van der Waals surface area contributed by atoms with Crippen LogP contribution in [0, 0.1) is 0 Å². The number of carbonyl (C=O) groups excluding carboxylic acids is 2. The smallest absolute Gasteiger partial charge is 0.261 e. The lowest BCUT2D eigenvalue weighted by Gasteiger charge is -2.30. The maximum atomic E-state index is 13.2. The van der Waals surface area contributed by atoms with E-state index < -0.39 is 6.04 Å². The second-order valence-electron chi connectivity index (χ2n) is 6.91. The molecule has 0 aliphatic carbocycles. The van der Waals surface area contributed by atoms with Gasteiger partial charge in [-0.1, -0.05) is 36.2 Å². The summed E-state index contributed by atoms with van der Waals surface area (Å²) in [5.41, 5.74) is 0.676. The topological polar surface area (TPSA) is 77.1 Å². The van der Waals surface area contributed by atoms with Crippen LogP contribution in [-0.4, -0.2) is 50.1 Å². The zero-order valence-electron chi connectivity index (χ0n) is 18.6. The van der Waals surface area contributed by atoms with Crippen LogP contribution in [0.1, 0.15) is 25.8 Å². The van der Waals surface area contributed by atoms with Crippen molar-refractivity contribution in [1.82, 2.24) is 10.2 Å². The van der Waals surface area contributed by atoms with Gasteiger partial charge in [-0.05, 0) is 31.0 Å². The van der Waals surface area contributed by atoms with Crippen LogP contribution in [0.5, 0.6) is 17.2 Å². The Hall–Kier alpha value is -2.64. The van der Waals surface area contributed by atoms with Crippen molar-refractivity contribution in [2.75, 3.05) is 27.4 Å². The molecule has 0 saturated carbocycles. The van der Waals surface area contributed by atoms with Crippen molar-refractivity contribution in [1.29, 1.82) is 0 Å². The highest BCUT2D eigenvalue weighted by Crippen LogP contribution is 2.28. The van der Waals surface area contributed by atoms with Crippen LogP contribution in [0.4, 0.5) is 0 Å². The van der Waals surface area contributed by atoms with E-state index in [4.69, 9.17) is 37.4 Å². The molecule has 1 N–H and O–H groups in total. The molecule has 0 aromatic heterocycles. The first-order valence-corrected chi connectivity index (χ1v) is 10.9. The van der Waals surface area contributed by atoms with Crippen molar-refractivity contribution in [2.45, 2.75) is 32.9 Å². The Balaban J connectivity index is 2.27. The van der Waals surface area contributed by atoms with Gasteiger partial charge in [-0.25, -0.2) is 0 Å². The number of nitrogens with one attached hydrogen (secondary N) is 1. The van der Waals surface area contributed by atoms with Crippen LogP contribution in [-0.2, 0) is 16.1 Å². The SMILES string of the molecule is CCNC(=O)[C@H](CC)N(Cc1ccc(Cl)cc1Cl)C(=O)COc1cc(OC)cc(OC)c1. The molecular weight excluding hydrogens is 455 g/mol. The number of methoxy groups -OCH3 is 2. The minimum absolute atomic E-state index is 0.134. The van der Waals surface area contributed by atoms with Gasteiger partial charge in [0.25, 0.3) is 5.91 Å². The van der Waals surface area contributed by atoms with Gasteiger partial charge in [0.1, 0.15) is 23.3 Å². The minimum atomic E-state index is -0.683. The van der Waals surface area contributed by atoms with Crippen LogP contribution in [0.3, 0.4) is 0 Å². The lowest BCUT2D eigenvalue weighted by Crippen LogP contribution is -2.50. The monoisotopic (exact) mass is 482 g/mol. The Bertz CT molecular complexity index is 916. The molecule has 0 heterocycles. The predicted octanol–water partition coefficient (Wildman–Crippen LogP) is 4.33. The van der Waals surface area contributed by atoms with E-state index in [0.29, 0.717) is 45.8 Å². The minimum Gasteiger partial charge on any atom is -0.496 e. The molecule has 0 aliphatic heterocycles. The quantitative estimate of drug-likeness (QED) is 0.515. The Morgan fingerprint density at radius 1 is 1.00 bits per heavy atom. The third kappa shape index (κ3) is 6.93. The highest BCUT2D eigenvalue weighted by molar-refractivity contribution is 6.35. The van der Waals surface area contributed by atoms with Crippen molar-refractivity contribution in [3.8, 4) is 17.2 Å². The Morgan fingerprint density at radius 3 is 2.16 bits per heavy atom. The fourth-order valence-corrected chi connectivity index (χ4v) is 3.61. The molecule has 2 amide bonds. The van der Waals surface area contributed by atoms with Crippen LogP contribution in [0.2, 0.25) is 10.0 Å². The fourth-order valence-electron chi connectivity index (χ4n) is 3.14. The van der Waals surface area contributed by atoms with Crippen molar-refractivity contribution in [3.05, 3.63) is 52.0 Å². The molecule has 0 spiro atoms. The first-order chi connectivity index (χ1) is 15.3. The number of likely N-dealkylation sites (N-methyl/N-ethyl adjacent to an activating group) is 1. The molecule has 0 saturated heterocycles. The van der Waals surface area contributed by atoms with Crippen molar-refractivity contribution in [2.24, 2.45) is 0 Å². The number of halogens is 2. The van der Waals surface area contributed by atoms with Crippen molar-refractivity contribution < 1.29 is 23.8 Å². The normalized spacial score (nSPS) is 11.4. The molecule has 32 heavy (non-hydrogen) atoms. The van der Waals surface area contributed by atoms with E-state index in [2.05, 4.69) is 5.32 Å². The standard InChI is InChI=1S/C23H28Cl2N2O5/c1-5-21(23(29)26-6-2)27(13-15-7-8-16(24)9-20(15)25)22(28)14-32-19-11-17(30-3)10-18(12-19)31-4/h7-12,21H,5-6,13-14H2,1-4H3,(H,26,29)/t21-/m0/s1. The Morgan fingerprint density at radius 2 is 1.62 bits per heavy atom. The molecule has 2 aromatic carbocycles. The molecule has 9 heteroatoms. The summed E-state index contributed by atoms with van der Waals surface area (Å²) < 4.78 is 16.2. The number of hydrogen-bond acceptors (Lipinski definition) is 5. The average Bonchev–Trinajstić information content (AvgIpc) is 2.78. The molecule has 174 valence electrons. The first kappa shape index (κ1) is 25.6. The summed E-state index contributed by atoms with van der Waals surface area (Å²) >= 11 is 12.3. The summed E-state index contributed by atoms with van der Waals surface area (Å²) in [6, 6.07) is 9.35. The van der Waals surface area contributed by atoms with Gasteiger partial charge in [-0.2, -0.15) is 0 Å². The third-order valence-corrected chi connectivity index (χ3v) is 5.37. The molecule has 7 nitrogen and oxygen atoms in total. The lowest BCUT2D eigenvalue weighted by molar-refractivity contribution is -0.142. The zero-order chi connectivity index (χ0) is 23.7. The maximum absolute atomic E-state index is 13.2. The summed E-state index contributed by atoms with van der Waals surface area (Å²) in [4.78, 5) is 27.3. The summed E-state index contributed by atoms with van der Waals surface area (Å²) in [5.74, 6) is 0.869. The molecule has 2 aromatic rings. The van der Waals surface area contributed by atoms with E-state index in [9.17, 15) is 9.59 Å². The average molecular weight is 483 g/mol. The molecule has 2 rings (SSSR count). The summed E-state index contributed by atoms with van der Waals surface area (Å²) in [5, 5.41) is 3.69. The largest absolute Gasteiger partial charge is 0.496 e.